The molecule has 0 saturated heterocycles. The first-order chi connectivity index (χ1) is 9.72. The number of aromatic nitrogens is 3. The molecule has 0 unspecified atom stereocenters. The van der Waals surface area contributed by atoms with Crippen LogP contribution in [0, 0.1) is 10.1 Å². The summed E-state index contributed by atoms with van der Waals surface area (Å²) in [5, 5.41) is 20.7. The second-order valence-corrected chi connectivity index (χ2v) is 4.08. The minimum absolute atomic E-state index is 0.0466. The van der Waals surface area contributed by atoms with Gasteiger partial charge in [-0.3, -0.25) is 15.2 Å². The van der Waals surface area contributed by atoms with Crippen molar-refractivity contribution in [2.75, 3.05) is 19.0 Å². The minimum atomic E-state index is -0.447. The molecule has 8 heteroatoms. The van der Waals surface area contributed by atoms with Gasteiger partial charge in [0.1, 0.15) is 17.8 Å². The van der Waals surface area contributed by atoms with Gasteiger partial charge >= 0.3 is 5.69 Å². The van der Waals surface area contributed by atoms with Gasteiger partial charge in [0, 0.05) is 13.0 Å². The predicted octanol–water partition coefficient (Wildman–Crippen LogP) is 1.77. The largest absolute Gasteiger partial charge is 0.490 e. The van der Waals surface area contributed by atoms with E-state index in [0.717, 1.165) is 18.7 Å². The Morgan fingerprint density at radius 1 is 1.50 bits per heavy atom. The Morgan fingerprint density at radius 3 is 3.00 bits per heavy atom. The van der Waals surface area contributed by atoms with E-state index in [1.807, 2.05) is 0 Å². The van der Waals surface area contributed by atoms with E-state index in [0.29, 0.717) is 12.2 Å². The monoisotopic (exact) mass is 277 g/mol. The van der Waals surface area contributed by atoms with Crippen LogP contribution in [0.2, 0.25) is 0 Å². The van der Waals surface area contributed by atoms with Gasteiger partial charge in [-0.2, -0.15) is 5.10 Å². The van der Waals surface area contributed by atoms with E-state index >= 15 is 0 Å². The second-order valence-electron chi connectivity index (χ2n) is 4.08. The first kappa shape index (κ1) is 13.8. The van der Waals surface area contributed by atoms with Crippen molar-refractivity contribution in [2.24, 2.45) is 0 Å². The van der Waals surface area contributed by atoms with Gasteiger partial charge in [-0.25, -0.2) is 4.98 Å². The van der Waals surface area contributed by atoms with Gasteiger partial charge in [-0.05, 0) is 18.6 Å². The van der Waals surface area contributed by atoms with Crippen LogP contribution in [-0.2, 0) is 6.42 Å². The number of para-hydroxylation sites is 1. The molecule has 0 aliphatic carbocycles. The van der Waals surface area contributed by atoms with E-state index < -0.39 is 4.92 Å². The first-order valence-corrected chi connectivity index (χ1v) is 6.12. The Morgan fingerprint density at radius 2 is 2.35 bits per heavy atom. The van der Waals surface area contributed by atoms with Crippen molar-refractivity contribution >= 4 is 11.4 Å². The molecule has 0 spiro atoms. The van der Waals surface area contributed by atoms with Crippen LogP contribution >= 0.6 is 0 Å². The van der Waals surface area contributed by atoms with Crippen LogP contribution in [0.4, 0.5) is 11.4 Å². The fourth-order valence-corrected chi connectivity index (χ4v) is 1.85. The summed E-state index contributed by atoms with van der Waals surface area (Å²) in [5.41, 5.74) is 0.404. The molecule has 0 bridgehead atoms. The van der Waals surface area contributed by atoms with Gasteiger partial charge in [0.05, 0.1) is 12.0 Å². The number of nitro groups is 1. The smallest absolute Gasteiger partial charge is 0.333 e. The van der Waals surface area contributed by atoms with Crippen molar-refractivity contribution < 1.29 is 9.66 Å². The number of nitro benzene ring substituents is 1. The number of benzene rings is 1. The van der Waals surface area contributed by atoms with Crippen molar-refractivity contribution in [1.29, 1.82) is 0 Å². The maximum absolute atomic E-state index is 11.1. The molecule has 8 nitrogen and oxygen atoms in total. The molecule has 0 aliphatic rings. The third kappa shape index (κ3) is 3.22. The molecule has 1 heterocycles. The number of hydrogen-bond acceptors (Lipinski definition) is 6. The second kappa shape index (κ2) is 6.50. The minimum Gasteiger partial charge on any atom is -0.490 e. The van der Waals surface area contributed by atoms with Crippen LogP contribution in [0.5, 0.6) is 5.75 Å². The Balaban J connectivity index is 1.96. The van der Waals surface area contributed by atoms with Gasteiger partial charge in [-0.1, -0.05) is 6.07 Å². The zero-order chi connectivity index (χ0) is 14.4. The standard InChI is InChI=1S/C12H15N5O3/c1-20-10-5-2-4-9(12(10)17(18)19)13-7-3-6-11-14-8-15-16-11/h2,4-5,8,13H,3,6-7H2,1H3,(H,14,15,16). The van der Waals surface area contributed by atoms with E-state index in [4.69, 9.17) is 4.74 Å². The molecule has 20 heavy (non-hydrogen) atoms. The number of ether oxygens (including phenoxy) is 1. The lowest BCUT2D eigenvalue weighted by molar-refractivity contribution is -0.384. The maximum Gasteiger partial charge on any atom is 0.333 e. The first-order valence-electron chi connectivity index (χ1n) is 6.12. The van der Waals surface area contributed by atoms with E-state index in [2.05, 4.69) is 20.5 Å². The number of aryl methyl sites for hydroxylation is 1. The van der Waals surface area contributed by atoms with Gasteiger partial charge < -0.3 is 10.1 Å². The molecule has 0 radical (unpaired) electrons. The number of anilines is 1. The molecule has 0 aliphatic heterocycles. The average Bonchev–Trinajstić information content (AvgIpc) is 2.96. The van der Waals surface area contributed by atoms with Crippen LogP contribution in [0.15, 0.2) is 24.5 Å². The Labute approximate surface area is 115 Å². The molecule has 106 valence electrons. The fraction of sp³-hybridized carbons (Fsp3) is 0.333. The number of hydrogen-bond donors (Lipinski definition) is 2. The zero-order valence-corrected chi connectivity index (χ0v) is 11.0. The predicted molar refractivity (Wildman–Crippen MR) is 72.8 cm³/mol. The zero-order valence-electron chi connectivity index (χ0n) is 11.0. The molecule has 2 aromatic rings. The topological polar surface area (TPSA) is 106 Å². The van der Waals surface area contributed by atoms with E-state index in [1.165, 1.54) is 13.4 Å². The van der Waals surface area contributed by atoms with E-state index in [9.17, 15) is 10.1 Å². The van der Waals surface area contributed by atoms with E-state index in [1.54, 1.807) is 18.2 Å². The molecular weight excluding hydrogens is 262 g/mol. The van der Waals surface area contributed by atoms with Gasteiger partial charge in [0.2, 0.25) is 0 Å². The molecule has 0 fully saturated rings. The lowest BCUT2D eigenvalue weighted by Crippen LogP contribution is -2.06. The summed E-state index contributed by atoms with van der Waals surface area (Å²) < 4.78 is 5.01. The maximum atomic E-state index is 11.1. The number of nitrogens with zero attached hydrogens (tertiary/aromatic N) is 3. The molecule has 0 atom stereocenters. The molecule has 0 amide bonds. The van der Waals surface area contributed by atoms with Crippen molar-refractivity contribution in [2.45, 2.75) is 12.8 Å². The van der Waals surface area contributed by atoms with Gasteiger partial charge in [0.25, 0.3) is 0 Å². The summed E-state index contributed by atoms with van der Waals surface area (Å²) in [5.74, 6) is 1.04. The SMILES string of the molecule is COc1cccc(NCCCc2ncn[nH]2)c1[N+](=O)[O-]. The Hall–Kier alpha value is -2.64. The molecule has 1 aromatic carbocycles. The van der Waals surface area contributed by atoms with Crippen LogP contribution in [0.3, 0.4) is 0 Å². The number of methoxy groups -OCH3 is 1. The normalized spacial score (nSPS) is 10.2. The van der Waals surface area contributed by atoms with Gasteiger partial charge in [-0.15, -0.1) is 0 Å². The molecule has 2 rings (SSSR count). The molecule has 2 N–H and O–H groups in total. The van der Waals surface area contributed by atoms with Crippen LogP contribution in [-0.4, -0.2) is 33.8 Å². The summed E-state index contributed by atoms with van der Waals surface area (Å²) in [6.07, 6.45) is 2.96. The summed E-state index contributed by atoms with van der Waals surface area (Å²) in [4.78, 5) is 14.6. The highest BCUT2D eigenvalue weighted by molar-refractivity contribution is 5.68. The number of nitrogens with one attached hydrogen (secondary N) is 2. The van der Waals surface area contributed by atoms with Crippen LogP contribution in [0.1, 0.15) is 12.2 Å². The number of rotatable bonds is 7. The average molecular weight is 277 g/mol. The highest BCUT2D eigenvalue weighted by Crippen LogP contribution is 2.34. The van der Waals surface area contributed by atoms with Crippen molar-refractivity contribution in [1.82, 2.24) is 15.2 Å². The molecular formula is C12H15N5O3. The number of H-pyrrole nitrogens is 1. The lowest BCUT2D eigenvalue weighted by atomic mass is 10.2. The fourth-order valence-electron chi connectivity index (χ4n) is 1.85. The quantitative estimate of drug-likeness (QED) is 0.454. The van der Waals surface area contributed by atoms with E-state index in [-0.39, 0.29) is 11.4 Å². The van der Waals surface area contributed by atoms with Crippen molar-refractivity contribution in [3.05, 3.63) is 40.5 Å². The highest BCUT2D eigenvalue weighted by atomic mass is 16.6. The van der Waals surface area contributed by atoms with Crippen LogP contribution in [0.25, 0.3) is 0 Å². The van der Waals surface area contributed by atoms with Crippen molar-refractivity contribution in [3.8, 4) is 5.75 Å². The van der Waals surface area contributed by atoms with Crippen LogP contribution < -0.4 is 10.1 Å². The molecule has 0 saturated carbocycles. The summed E-state index contributed by atoms with van der Waals surface area (Å²) >= 11 is 0. The summed E-state index contributed by atoms with van der Waals surface area (Å²) in [6, 6.07) is 4.94. The molecule has 1 aromatic heterocycles. The third-order valence-corrected chi connectivity index (χ3v) is 2.77. The summed E-state index contributed by atoms with van der Waals surface area (Å²) in [6.45, 7) is 0.592. The van der Waals surface area contributed by atoms with Gasteiger partial charge in [0.15, 0.2) is 5.75 Å². The summed E-state index contributed by atoms with van der Waals surface area (Å²) in [7, 11) is 1.41. The highest BCUT2D eigenvalue weighted by Gasteiger charge is 2.19. The van der Waals surface area contributed by atoms with Crippen molar-refractivity contribution in [3.63, 3.8) is 0 Å². The Bertz CT molecular complexity index is 570. The number of aromatic amines is 1. The Kier molecular flexibility index (Phi) is 4.48. The third-order valence-electron chi connectivity index (χ3n) is 2.77. The lowest BCUT2D eigenvalue weighted by Gasteiger charge is -2.09.